The van der Waals surface area contributed by atoms with Crippen molar-refractivity contribution < 1.29 is 21.1 Å². The molecule has 0 aromatic heterocycles. The smallest absolute Gasteiger partial charge is 0.693 e. The predicted molar refractivity (Wildman–Crippen MR) is 123 cm³/mol. The van der Waals surface area contributed by atoms with Crippen LogP contribution in [0, 0.1) is 0 Å². The van der Waals surface area contributed by atoms with Crippen LogP contribution in [0.15, 0.2) is 24.0 Å². The van der Waals surface area contributed by atoms with Crippen molar-refractivity contribution in [2.24, 2.45) is 0 Å². The van der Waals surface area contributed by atoms with Gasteiger partial charge in [-0.05, 0) is 83.1 Å². The Hall–Kier alpha value is 0.788. The first-order chi connectivity index (χ1) is 9.97. The van der Waals surface area contributed by atoms with Gasteiger partial charge in [0, 0.05) is 27.5 Å². The summed E-state index contributed by atoms with van der Waals surface area (Å²) in [5.41, 5.74) is 0. The molecule has 0 amide bonds. The molecule has 0 aliphatic carbocycles. The van der Waals surface area contributed by atoms with Crippen LogP contribution >= 0.6 is 15.8 Å². The van der Waals surface area contributed by atoms with Gasteiger partial charge in [-0.1, -0.05) is 0 Å². The van der Waals surface area contributed by atoms with Gasteiger partial charge in [0.1, 0.15) is 0 Å². The maximum absolute atomic E-state index is 4.59. The maximum Gasteiger partial charge on any atom is 2.00 e. The first-order valence-electron chi connectivity index (χ1n) is 8.76. The quantitative estimate of drug-likeness (QED) is 0.304. The van der Waals surface area contributed by atoms with E-state index in [4.69, 9.17) is 0 Å². The standard InChI is InChI=1S/C20H40NP2.H2N.Pt/c1-17(2,3)22(18(4,5)6)15-13-21-14-16-23(19(7,8)9)20(10,11)12;;/h13-16H,1-12H3;1H2;/q2*-1;+2/p+2/b15-13-,16-14-;;. The molecule has 5 heteroatoms. The van der Waals surface area contributed by atoms with Crippen molar-refractivity contribution >= 4 is 15.8 Å². The molecule has 2 nitrogen and oxygen atoms in total. The van der Waals surface area contributed by atoms with E-state index in [-0.39, 0.29) is 27.2 Å². The van der Waals surface area contributed by atoms with Gasteiger partial charge in [-0.25, -0.2) is 0 Å². The predicted octanol–water partition coefficient (Wildman–Crippen LogP) is 8.64. The first-order valence-corrected chi connectivity index (χ1v) is 11.9. The Morgan fingerprint density at radius 3 is 0.880 bits per heavy atom. The summed E-state index contributed by atoms with van der Waals surface area (Å²) in [4.78, 5) is 0. The number of nitrogens with two attached hydrogens (primary N) is 1. The Labute approximate surface area is 175 Å². The molecule has 0 heterocycles. The van der Waals surface area contributed by atoms with Gasteiger partial charge < -0.3 is 11.5 Å². The largest absolute Gasteiger partial charge is 2.00 e. The van der Waals surface area contributed by atoms with Gasteiger partial charge in [0.2, 0.25) is 0 Å². The van der Waals surface area contributed by atoms with Crippen LogP contribution in [0.5, 0.6) is 0 Å². The molecule has 2 N–H and O–H groups in total. The minimum absolute atomic E-state index is 0. The van der Waals surface area contributed by atoms with E-state index in [0.717, 1.165) is 0 Å². The Bertz CT molecular complexity index is 351. The molecule has 0 saturated heterocycles. The summed E-state index contributed by atoms with van der Waals surface area (Å²) in [5, 5.41) is 6.00. The van der Waals surface area contributed by atoms with Gasteiger partial charge in [-0.3, -0.25) is 0 Å². The van der Waals surface area contributed by atoms with E-state index in [1.54, 1.807) is 0 Å². The number of hydrogen-bond acceptors (Lipinski definition) is 0. The molecule has 25 heavy (non-hydrogen) atoms. The van der Waals surface area contributed by atoms with Crippen LogP contribution in [0.1, 0.15) is 83.1 Å². The molecule has 0 radical (unpaired) electrons. The molecule has 0 aliphatic heterocycles. The van der Waals surface area contributed by atoms with E-state index in [1.807, 2.05) is 12.4 Å². The molecule has 0 unspecified atom stereocenters. The summed E-state index contributed by atoms with van der Waals surface area (Å²) in [7, 11) is -1.26. The second-order valence-corrected chi connectivity index (χ2v) is 18.9. The van der Waals surface area contributed by atoms with Gasteiger partial charge in [0.05, 0.1) is 20.6 Å². The maximum atomic E-state index is 4.59. The minimum atomic E-state index is -0.632. The minimum Gasteiger partial charge on any atom is -0.693 e. The fraction of sp³-hybridized carbons (Fsp3) is 0.800. The Morgan fingerprint density at radius 2 is 0.720 bits per heavy atom. The Kier molecular flexibility index (Phi) is 13.4. The number of rotatable bonds is 4. The van der Waals surface area contributed by atoms with Crippen LogP contribution in [-0.2, 0) is 21.1 Å². The molecule has 0 aromatic carbocycles. The summed E-state index contributed by atoms with van der Waals surface area (Å²) in [6.45, 7) is 28.3. The van der Waals surface area contributed by atoms with Crippen molar-refractivity contribution in [2.45, 2.75) is 104 Å². The monoisotopic (exact) mass is 569 g/mol. The van der Waals surface area contributed by atoms with Crippen LogP contribution in [0.4, 0.5) is 0 Å². The molecular weight excluding hydrogens is 525 g/mol. The number of nitrogens with zero attached hydrogens (tertiary/aromatic N) is 1. The van der Waals surface area contributed by atoms with Crippen molar-refractivity contribution in [2.75, 3.05) is 0 Å². The second kappa shape index (κ2) is 11.0. The van der Waals surface area contributed by atoms with Crippen LogP contribution in [0.2, 0.25) is 0 Å². The van der Waals surface area contributed by atoms with Crippen molar-refractivity contribution in [3.8, 4) is 0 Å². The van der Waals surface area contributed by atoms with E-state index in [1.165, 1.54) is 0 Å². The van der Waals surface area contributed by atoms with Gasteiger partial charge in [0.15, 0.2) is 0 Å². The van der Waals surface area contributed by atoms with Crippen LogP contribution in [0.25, 0.3) is 11.5 Å². The molecular formula is C20H44N2P2Pt+2. The molecule has 0 bridgehead atoms. The average molecular weight is 570 g/mol. The van der Waals surface area contributed by atoms with Gasteiger partial charge in [-0.15, -0.1) is 12.4 Å². The van der Waals surface area contributed by atoms with Crippen molar-refractivity contribution in [3.05, 3.63) is 35.5 Å². The average Bonchev–Trinajstić information content (AvgIpc) is 2.19. The zero-order valence-electron chi connectivity index (χ0n) is 18.7. The fourth-order valence-electron chi connectivity index (χ4n) is 3.53. The third-order valence-corrected chi connectivity index (χ3v) is 11.3. The van der Waals surface area contributed by atoms with Crippen molar-refractivity contribution in [1.82, 2.24) is 0 Å². The third kappa shape index (κ3) is 12.0. The summed E-state index contributed by atoms with van der Waals surface area (Å²) in [5.74, 6) is 4.77. The van der Waals surface area contributed by atoms with E-state index in [0.29, 0.717) is 20.6 Å². The molecule has 0 aromatic rings. The Morgan fingerprint density at radius 1 is 0.520 bits per heavy atom. The molecule has 0 saturated carbocycles. The molecule has 0 rings (SSSR count). The van der Waals surface area contributed by atoms with Crippen LogP contribution in [0.3, 0.4) is 0 Å². The second-order valence-electron chi connectivity index (χ2n) is 10.6. The molecule has 0 fully saturated rings. The third-order valence-electron chi connectivity index (χ3n) is 3.89. The topological polar surface area (TPSA) is 47.6 Å². The van der Waals surface area contributed by atoms with Gasteiger partial charge >= 0.3 is 21.1 Å². The molecule has 152 valence electrons. The summed E-state index contributed by atoms with van der Waals surface area (Å²) in [6, 6.07) is 0. The summed E-state index contributed by atoms with van der Waals surface area (Å²) in [6.07, 6.45) is 4.10. The van der Waals surface area contributed by atoms with Gasteiger partial charge in [0.25, 0.3) is 0 Å². The molecule has 0 atom stereocenters. The van der Waals surface area contributed by atoms with Crippen molar-refractivity contribution in [3.63, 3.8) is 0 Å². The molecule has 0 spiro atoms. The van der Waals surface area contributed by atoms with E-state index < -0.39 is 15.8 Å². The van der Waals surface area contributed by atoms with Crippen LogP contribution < -0.4 is 0 Å². The zero-order chi connectivity index (χ0) is 18.7. The van der Waals surface area contributed by atoms with Gasteiger partial charge in [-0.2, -0.15) is 0 Å². The Balaban J connectivity index is -0.00000242. The SMILES string of the molecule is CC(C)(C)[PH+](/C=C\[N-]/C=C\[PH+](C(C)(C)C)C(C)(C)C)C(C)(C)C.[NH2-].[Pt+2]. The summed E-state index contributed by atoms with van der Waals surface area (Å²) >= 11 is 0. The summed E-state index contributed by atoms with van der Waals surface area (Å²) < 4.78 is 0. The van der Waals surface area contributed by atoms with Crippen LogP contribution in [-0.4, -0.2) is 20.6 Å². The molecule has 0 aliphatic rings. The fourth-order valence-corrected chi connectivity index (χ4v) is 10.5. The van der Waals surface area contributed by atoms with E-state index >= 15 is 0 Å². The zero-order valence-corrected chi connectivity index (χ0v) is 22.9. The normalized spacial score (nSPS) is 14.2. The van der Waals surface area contributed by atoms with E-state index in [2.05, 4.69) is 100 Å². The first kappa shape index (κ1) is 30.5. The van der Waals surface area contributed by atoms with E-state index in [9.17, 15) is 0 Å². The van der Waals surface area contributed by atoms with Crippen molar-refractivity contribution in [1.29, 1.82) is 0 Å². The number of hydrogen-bond donors (Lipinski definition) is 0.